The van der Waals surface area contributed by atoms with Crippen LogP contribution < -0.4 is 5.32 Å². The number of nitrogens with zero attached hydrogens (tertiary/aromatic N) is 1. The van der Waals surface area contributed by atoms with Gasteiger partial charge >= 0.3 is 12.1 Å². The fraction of sp³-hybridized carbons (Fsp3) is 0.444. The topological polar surface area (TPSA) is 77.1 Å². The third kappa shape index (κ3) is 10.3. The molecule has 0 fully saturated rings. The van der Waals surface area contributed by atoms with Crippen molar-refractivity contribution in [3.8, 4) is 11.1 Å². The molecule has 0 heterocycles. The Balaban J connectivity index is 1.89. The standard InChI is InChI=1S/C36H49ClN2O5Si/c1-25(23-38-31-19-13-15-27(22-31)26-14-11-17-29(20-26)33(40)42-8)39(34(41)43-35(2,3)4)24-32(28-16-12-18-30(37)21-28)44-45(9,10)36(5,6)7/h11-22,25,32,38H,23-24H2,1-10H3/t25-,32+/m1/s1. The van der Waals surface area contributed by atoms with Crippen LogP contribution in [0.3, 0.4) is 0 Å². The Kier molecular flexibility index (Phi) is 11.9. The van der Waals surface area contributed by atoms with E-state index in [9.17, 15) is 9.59 Å². The number of esters is 1. The van der Waals surface area contributed by atoms with Crippen molar-refractivity contribution in [2.45, 2.75) is 84.3 Å². The second kappa shape index (κ2) is 14.8. The summed E-state index contributed by atoms with van der Waals surface area (Å²) in [6.45, 7) is 19.4. The molecule has 3 rings (SSSR count). The first kappa shape index (κ1) is 36.1. The van der Waals surface area contributed by atoms with Gasteiger partial charge in [-0.25, -0.2) is 9.59 Å². The molecule has 0 unspecified atom stereocenters. The maximum absolute atomic E-state index is 13.7. The number of benzene rings is 3. The first-order valence-electron chi connectivity index (χ1n) is 15.4. The van der Waals surface area contributed by atoms with Gasteiger partial charge in [-0.2, -0.15) is 0 Å². The Labute approximate surface area is 275 Å². The monoisotopic (exact) mass is 652 g/mol. The van der Waals surface area contributed by atoms with Gasteiger partial charge in [-0.1, -0.05) is 68.8 Å². The number of hydrogen-bond acceptors (Lipinski definition) is 6. The zero-order valence-corrected chi connectivity index (χ0v) is 30.1. The quantitative estimate of drug-likeness (QED) is 0.164. The summed E-state index contributed by atoms with van der Waals surface area (Å²) in [5.74, 6) is -0.379. The van der Waals surface area contributed by atoms with Crippen molar-refractivity contribution in [2.75, 3.05) is 25.5 Å². The van der Waals surface area contributed by atoms with Crippen LogP contribution >= 0.6 is 11.6 Å². The summed E-state index contributed by atoms with van der Waals surface area (Å²) in [7, 11) is -0.868. The summed E-state index contributed by atoms with van der Waals surface area (Å²) in [5.41, 5.74) is 3.48. The lowest BCUT2D eigenvalue weighted by molar-refractivity contribution is 0.00798. The molecule has 0 saturated heterocycles. The zero-order valence-electron chi connectivity index (χ0n) is 28.4. The molecule has 0 spiro atoms. The number of hydrogen-bond donors (Lipinski definition) is 1. The van der Waals surface area contributed by atoms with Crippen LogP contribution in [0.4, 0.5) is 10.5 Å². The van der Waals surface area contributed by atoms with Crippen LogP contribution in [0, 0.1) is 0 Å². The second-order valence-electron chi connectivity index (χ2n) is 13.9. The number of carbonyl (C=O) groups is 2. The van der Waals surface area contributed by atoms with E-state index in [1.54, 1.807) is 11.0 Å². The zero-order chi connectivity index (χ0) is 33.6. The first-order valence-corrected chi connectivity index (χ1v) is 18.6. The van der Waals surface area contributed by atoms with E-state index >= 15 is 0 Å². The summed E-state index contributed by atoms with van der Waals surface area (Å²) in [6.07, 6.45) is -0.805. The van der Waals surface area contributed by atoms with Gasteiger partial charge in [-0.15, -0.1) is 0 Å². The number of methoxy groups -OCH3 is 1. The van der Waals surface area contributed by atoms with Gasteiger partial charge in [-0.05, 0) is 98.9 Å². The molecule has 0 bridgehead atoms. The van der Waals surface area contributed by atoms with E-state index in [2.05, 4.69) is 39.2 Å². The highest BCUT2D eigenvalue weighted by molar-refractivity contribution is 6.74. The van der Waals surface area contributed by atoms with E-state index in [0.29, 0.717) is 23.7 Å². The predicted octanol–water partition coefficient (Wildman–Crippen LogP) is 9.59. The molecule has 0 saturated carbocycles. The van der Waals surface area contributed by atoms with Crippen molar-refractivity contribution in [3.05, 3.63) is 88.9 Å². The normalized spacial score (nSPS) is 13.5. The number of halogens is 1. The third-order valence-electron chi connectivity index (χ3n) is 8.07. The van der Waals surface area contributed by atoms with Crippen LogP contribution in [0.25, 0.3) is 11.1 Å². The summed E-state index contributed by atoms with van der Waals surface area (Å²) >= 11 is 6.42. The highest BCUT2D eigenvalue weighted by Crippen LogP contribution is 2.40. The SMILES string of the molecule is COC(=O)c1cccc(-c2cccc(NC[C@@H](C)N(C[C@H](O[Si](C)(C)C(C)(C)C)c3cccc(Cl)c3)C(=O)OC(C)(C)C)c2)c1. The van der Waals surface area contributed by atoms with Crippen LogP contribution in [0.2, 0.25) is 23.2 Å². The van der Waals surface area contributed by atoms with Crippen molar-refractivity contribution in [2.24, 2.45) is 0 Å². The molecule has 244 valence electrons. The van der Waals surface area contributed by atoms with Gasteiger partial charge in [0.15, 0.2) is 8.32 Å². The van der Waals surface area contributed by atoms with Gasteiger partial charge in [0.05, 0.1) is 25.3 Å². The number of anilines is 1. The average molecular weight is 653 g/mol. The lowest BCUT2D eigenvalue weighted by atomic mass is 10.0. The number of carbonyl (C=O) groups excluding carboxylic acids is 2. The molecular formula is C36H49ClN2O5Si. The molecule has 1 amide bonds. The van der Waals surface area contributed by atoms with Crippen LogP contribution in [0.5, 0.6) is 0 Å². The largest absolute Gasteiger partial charge is 0.465 e. The molecule has 0 aromatic heterocycles. The lowest BCUT2D eigenvalue weighted by Gasteiger charge is -2.41. The molecule has 0 aliphatic carbocycles. The van der Waals surface area contributed by atoms with E-state index in [-0.39, 0.29) is 17.0 Å². The summed E-state index contributed by atoms with van der Waals surface area (Å²) in [6, 6.07) is 22.7. The van der Waals surface area contributed by atoms with Crippen molar-refractivity contribution < 1.29 is 23.5 Å². The molecule has 3 aromatic carbocycles. The lowest BCUT2D eigenvalue weighted by Crippen LogP contribution is -2.49. The van der Waals surface area contributed by atoms with Gasteiger partial charge in [0.25, 0.3) is 0 Å². The summed E-state index contributed by atoms with van der Waals surface area (Å²) < 4.78 is 17.7. The highest BCUT2D eigenvalue weighted by atomic mass is 35.5. The number of nitrogens with one attached hydrogen (secondary N) is 1. The predicted molar refractivity (Wildman–Crippen MR) is 187 cm³/mol. The van der Waals surface area contributed by atoms with E-state index < -0.39 is 26.1 Å². The molecule has 0 radical (unpaired) electrons. The molecular weight excluding hydrogens is 604 g/mol. The summed E-state index contributed by atoms with van der Waals surface area (Å²) in [4.78, 5) is 27.5. The molecule has 0 aliphatic rings. The second-order valence-corrected chi connectivity index (χ2v) is 19.1. The van der Waals surface area contributed by atoms with Gasteiger partial charge in [0.1, 0.15) is 5.60 Å². The third-order valence-corrected chi connectivity index (χ3v) is 12.8. The summed E-state index contributed by atoms with van der Waals surface area (Å²) in [5, 5.41) is 4.09. The Morgan fingerprint density at radius 2 is 1.53 bits per heavy atom. The van der Waals surface area contributed by atoms with Crippen LogP contribution in [-0.4, -0.2) is 57.1 Å². The molecule has 2 atom stereocenters. The van der Waals surface area contributed by atoms with E-state index in [4.69, 9.17) is 25.5 Å². The first-order chi connectivity index (χ1) is 20.9. The molecule has 45 heavy (non-hydrogen) atoms. The Hall–Kier alpha value is -3.33. The molecule has 7 nitrogen and oxygen atoms in total. The van der Waals surface area contributed by atoms with Crippen LogP contribution in [0.15, 0.2) is 72.8 Å². The van der Waals surface area contributed by atoms with E-state index in [0.717, 1.165) is 22.4 Å². The fourth-order valence-electron chi connectivity index (χ4n) is 4.51. The van der Waals surface area contributed by atoms with Gasteiger partial charge in [0.2, 0.25) is 0 Å². The number of amides is 1. The van der Waals surface area contributed by atoms with Crippen molar-refractivity contribution in [1.29, 1.82) is 0 Å². The minimum Gasteiger partial charge on any atom is -0.465 e. The minimum absolute atomic E-state index is 0.0326. The van der Waals surface area contributed by atoms with E-state index in [1.807, 2.05) is 94.4 Å². The maximum atomic E-state index is 13.7. The number of ether oxygens (including phenoxy) is 2. The number of rotatable bonds is 11. The smallest absolute Gasteiger partial charge is 0.410 e. The Morgan fingerprint density at radius 1 is 0.911 bits per heavy atom. The molecule has 1 N–H and O–H groups in total. The highest BCUT2D eigenvalue weighted by Gasteiger charge is 2.41. The molecule has 9 heteroatoms. The van der Waals surface area contributed by atoms with Gasteiger partial charge < -0.3 is 24.1 Å². The van der Waals surface area contributed by atoms with Crippen LogP contribution in [-0.2, 0) is 13.9 Å². The van der Waals surface area contributed by atoms with Gasteiger partial charge in [-0.3, -0.25) is 0 Å². The van der Waals surface area contributed by atoms with Crippen LogP contribution in [0.1, 0.15) is 70.5 Å². The fourth-order valence-corrected chi connectivity index (χ4v) is 5.99. The van der Waals surface area contributed by atoms with Crippen molar-refractivity contribution >= 4 is 37.7 Å². The van der Waals surface area contributed by atoms with Gasteiger partial charge in [0, 0.05) is 23.3 Å². The Bertz CT molecular complexity index is 1460. The molecule has 0 aliphatic heterocycles. The maximum Gasteiger partial charge on any atom is 0.410 e. The molecule has 3 aromatic rings. The Morgan fingerprint density at radius 3 is 2.13 bits per heavy atom. The van der Waals surface area contributed by atoms with Crippen molar-refractivity contribution in [3.63, 3.8) is 0 Å². The van der Waals surface area contributed by atoms with E-state index in [1.165, 1.54) is 7.11 Å². The van der Waals surface area contributed by atoms with Crippen molar-refractivity contribution in [1.82, 2.24) is 4.90 Å². The minimum atomic E-state index is -2.24. The average Bonchev–Trinajstić information content (AvgIpc) is 2.96.